The van der Waals surface area contributed by atoms with E-state index in [1.165, 1.54) is 6.20 Å². The highest BCUT2D eigenvalue weighted by atomic mass is 16.5. The predicted octanol–water partition coefficient (Wildman–Crippen LogP) is 1.20. The summed E-state index contributed by atoms with van der Waals surface area (Å²) in [6, 6.07) is 9.26. The highest BCUT2D eigenvalue weighted by molar-refractivity contribution is 5.93. The maximum atomic E-state index is 12.0. The lowest BCUT2D eigenvalue weighted by Crippen LogP contribution is -2.31. The van der Waals surface area contributed by atoms with Crippen LogP contribution in [0.4, 0.5) is 0 Å². The number of rotatable bonds is 6. The number of H-pyrrole nitrogens is 1. The number of nitrogens with zero attached hydrogens (tertiary/aromatic N) is 1. The van der Waals surface area contributed by atoms with Gasteiger partial charge >= 0.3 is 0 Å². The van der Waals surface area contributed by atoms with Crippen molar-refractivity contribution in [3.63, 3.8) is 0 Å². The third-order valence-electron chi connectivity index (χ3n) is 2.90. The minimum absolute atomic E-state index is 0.00657. The number of amides is 1. The van der Waals surface area contributed by atoms with E-state index in [0.29, 0.717) is 25.4 Å². The summed E-state index contributed by atoms with van der Waals surface area (Å²) < 4.78 is 4.89. The standard InChI is InChI=1S/C15H17N3O3/c1-21-9-5-8-16-14(19)12-10-17-13(18-15(12)20)11-6-3-2-4-7-11/h2-4,6-7,10H,5,8-9H2,1H3,(H,16,19)(H,17,18,20). The number of carbonyl (C=O) groups excluding carboxylic acids is 1. The minimum Gasteiger partial charge on any atom is -0.385 e. The zero-order valence-corrected chi connectivity index (χ0v) is 11.8. The van der Waals surface area contributed by atoms with Crippen LogP contribution in [-0.4, -0.2) is 36.1 Å². The van der Waals surface area contributed by atoms with Crippen LogP contribution in [0.15, 0.2) is 41.3 Å². The third-order valence-corrected chi connectivity index (χ3v) is 2.90. The van der Waals surface area contributed by atoms with Gasteiger partial charge in [-0.2, -0.15) is 0 Å². The van der Waals surface area contributed by atoms with Crippen LogP contribution in [0.5, 0.6) is 0 Å². The van der Waals surface area contributed by atoms with E-state index in [1.54, 1.807) is 7.11 Å². The molecule has 6 heteroatoms. The molecule has 0 fully saturated rings. The lowest BCUT2D eigenvalue weighted by atomic mass is 10.2. The maximum absolute atomic E-state index is 12.0. The molecule has 1 heterocycles. The first-order valence-electron chi connectivity index (χ1n) is 6.64. The second kappa shape index (κ2) is 7.35. The zero-order valence-electron chi connectivity index (χ0n) is 11.8. The summed E-state index contributed by atoms with van der Waals surface area (Å²) >= 11 is 0. The molecule has 1 amide bonds. The van der Waals surface area contributed by atoms with Crippen molar-refractivity contribution < 1.29 is 9.53 Å². The molecule has 0 aliphatic heterocycles. The van der Waals surface area contributed by atoms with E-state index in [1.807, 2.05) is 30.3 Å². The van der Waals surface area contributed by atoms with Gasteiger partial charge in [-0.15, -0.1) is 0 Å². The first-order chi connectivity index (χ1) is 10.2. The van der Waals surface area contributed by atoms with E-state index in [2.05, 4.69) is 15.3 Å². The molecule has 0 unspecified atom stereocenters. The predicted molar refractivity (Wildman–Crippen MR) is 79.1 cm³/mol. The molecule has 2 N–H and O–H groups in total. The first-order valence-corrected chi connectivity index (χ1v) is 6.64. The number of hydrogen-bond donors (Lipinski definition) is 2. The Morgan fingerprint density at radius 1 is 1.33 bits per heavy atom. The molecule has 110 valence electrons. The number of nitrogens with one attached hydrogen (secondary N) is 2. The summed E-state index contributed by atoms with van der Waals surface area (Å²) in [5, 5.41) is 2.65. The molecule has 1 aromatic heterocycles. The number of aromatic amines is 1. The van der Waals surface area contributed by atoms with E-state index >= 15 is 0 Å². The monoisotopic (exact) mass is 287 g/mol. The van der Waals surface area contributed by atoms with E-state index in [-0.39, 0.29) is 5.56 Å². The number of aromatic nitrogens is 2. The Bertz CT molecular complexity index is 653. The van der Waals surface area contributed by atoms with Crippen LogP contribution < -0.4 is 10.9 Å². The molecule has 0 saturated heterocycles. The van der Waals surface area contributed by atoms with Gasteiger partial charge in [0, 0.05) is 32.0 Å². The van der Waals surface area contributed by atoms with Crippen LogP contribution in [-0.2, 0) is 4.74 Å². The second-order valence-electron chi connectivity index (χ2n) is 4.44. The number of hydrogen-bond acceptors (Lipinski definition) is 4. The van der Waals surface area contributed by atoms with Crippen molar-refractivity contribution in [2.75, 3.05) is 20.3 Å². The molecular weight excluding hydrogens is 270 g/mol. The second-order valence-corrected chi connectivity index (χ2v) is 4.44. The molecule has 2 rings (SSSR count). The van der Waals surface area contributed by atoms with Crippen molar-refractivity contribution in [2.24, 2.45) is 0 Å². The number of ether oxygens (including phenoxy) is 1. The van der Waals surface area contributed by atoms with E-state index in [4.69, 9.17) is 4.74 Å². The van der Waals surface area contributed by atoms with Crippen molar-refractivity contribution >= 4 is 5.91 Å². The van der Waals surface area contributed by atoms with Crippen LogP contribution in [0.1, 0.15) is 16.8 Å². The summed E-state index contributed by atoms with van der Waals surface area (Å²) in [7, 11) is 1.60. The average molecular weight is 287 g/mol. The van der Waals surface area contributed by atoms with Gasteiger partial charge in [-0.25, -0.2) is 4.98 Å². The Balaban J connectivity index is 2.09. The lowest BCUT2D eigenvalue weighted by Gasteiger charge is -2.05. The smallest absolute Gasteiger partial charge is 0.264 e. The van der Waals surface area contributed by atoms with Gasteiger partial charge < -0.3 is 15.0 Å². The summed E-state index contributed by atoms with van der Waals surface area (Å²) in [4.78, 5) is 30.6. The SMILES string of the molecule is COCCCNC(=O)c1cnc(-c2ccccc2)[nH]c1=O. The van der Waals surface area contributed by atoms with Gasteiger partial charge in [0.05, 0.1) is 0 Å². The zero-order chi connectivity index (χ0) is 15.1. The van der Waals surface area contributed by atoms with Crippen LogP contribution in [0.25, 0.3) is 11.4 Å². The fourth-order valence-electron chi connectivity index (χ4n) is 1.81. The maximum Gasteiger partial charge on any atom is 0.264 e. The van der Waals surface area contributed by atoms with Crippen LogP contribution in [0, 0.1) is 0 Å². The van der Waals surface area contributed by atoms with Crippen LogP contribution >= 0.6 is 0 Å². The molecule has 2 aromatic rings. The largest absolute Gasteiger partial charge is 0.385 e. The molecule has 0 spiro atoms. The van der Waals surface area contributed by atoms with Crippen molar-refractivity contribution in [2.45, 2.75) is 6.42 Å². The van der Waals surface area contributed by atoms with Crippen molar-refractivity contribution in [1.82, 2.24) is 15.3 Å². The molecule has 0 aliphatic rings. The topological polar surface area (TPSA) is 84.1 Å². The Hall–Kier alpha value is -2.47. The van der Waals surface area contributed by atoms with Crippen LogP contribution in [0.3, 0.4) is 0 Å². The molecule has 1 aromatic carbocycles. The molecule has 0 saturated carbocycles. The summed E-state index contributed by atoms with van der Waals surface area (Å²) in [5.41, 5.74) is 0.349. The van der Waals surface area contributed by atoms with Gasteiger partial charge in [0.15, 0.2) is 0 Å². The van der Waals surface area contributed by atoms with E-state index in [0.717, 1.165) is 5.56 Å². The van der Waals surface area contributed by atoms with Gasteiger partial charge in [-0.1, -0.05) is 30.3 Å². The van der Waals surface area contributed by atoms with E-state index in [9.17, 15) is 9.59 Å². The van der Waals surface area contributed by atoms with Gasteiger partial charge in [-0.3, -0.25) is 9.59 Å². The lowest BCUT2D eigenvalue weighted by molar-refractivity contribution is 0.0946. The molecular formula is C15H17N3O3. The van der Waals surface area contributed by atoms with Crippen molar-refractivity contribution in [3.05, 3.63) is 52.4 Å². The molecule has 21 heavy (non-hydrogen) atoms. The molecule has 0 atom stereocenters. The Kier molecular flexibility index (Phi) is 5.22. The first kappa shape index (κ1) is 14.9. The van der Waals surface area contributed by atoms with Gasteiger partial charge in [0.2, 0.25) is 0 Å². The average Bonchev–Trinajstić information content (AvgIpc) is 2.52. The molecule has 0 bridgehead atoms. The summed E-state index contributed by atoms with van der Waals surface area (Å²) in [6.45, 7) is 1.01. The van der Waals surface area contributed by atoms with Gasteiger partial charge in [-0.05, 0) is 6.42 Å². The fourth-order valence-corrected chi connectivity index (χ4v) is 1.81. The Morgan fingerprint density at radius 2 is 2.10 bits per heavy atom. The van der Waals surface area contributed by atoms with Gasteiger partial charge in [0.1, 0.15) is 11.4 Å². The Labute approximate surface area is 122 Å². The summed E-state index contributed by atoms with van der Waals surface area (Å²) in [6.07, 6.45) is 1.99. The Morgan fingerprint density at radius 3 is 2.76 bits per heavy atom. The molecule has 6 nitrogen and oxygen atoms in total. The number of carbonyl (C=O) groups is 1. The summed E-state index contributed by atoms with van der Waals surface area (Å²) in [5.74, 6) is 0.0102. The van der Waals surface area contributed by atoms with E-state index < -0.39 is 11.5 Å². The van der Waals surface area contributed by atoms with Crippen molar-refractivity contribution in [3.8, 4) is 11.4 Å². The highest BCUT2D eigenvalue weighted by Gasteiger charge is 2.11. The number of methoxy groups -OCH3 is 1. The normalized spacial score (nSPS) is 10.3. The molecule has 0 aliphatic carbocycles. The fraction of sp³-hybridized carbons (Fsp3) is 0.267. The van der Waals surface area contributed by atoms with Crippen molar-refractivity contribution in [1.29, 1.82) is 0 Å². The molecule has 0 radical (unpaired) electrons. The number of benzene rings is 1. The third kappa shape index (κ3) is 4.00. The van der Waals surface area contributed by atoms with Gasteiger partial charge in [0.25, 0.3) is 11.5 Å². The quantitative estimate of drug-likeness (QED) is 0.782. The minimum atomic E-state index is -0.451. The highest BCUT2D eigenvalue weighted by Crippen LogP contribution is 2.11. The van der Waals surface area contributed by atoms with Crippen LogP contribution in [0.2, 0.25) is 0 Å².